The summed E-state index contributed by atoms with van der Waals surface area (Å²) in [6.45, 7) is 0. The Balaban J connectivity index is -0.0000000596. The quantitative estimate of drug-likeness (QED) is 0.0705. The van der Waals surface area contributed by atoms with Crippen molar-refractivity contribution in [3.05, 3.63) is 0 Å². The Morgan fingerprint density at radius 3 is 0.567 bits per heavy atom. The summed E-state index contributed by atoms with van der Waals surface area (Å²) in [7, 11) is -4.89. The molecule has 0 heterocycles. The molecular formula is C8H6F4NaO16P. The smallest absolute Gasteiger partial charge is 0.756 e. The Hall–Kier alpha value is -2.61. The SMILES string of the molecule is O=C(O)C(=O)F.O=C(O)C(=O)F.O=C(O)C(=O)F.O=C(O)C(=O)F.O=P([O-])(O)O.[Na+]. The van der Waals surface area contributed by atoms with Crippen LogP contribution >= 0.6 is 7.82 Å². The van der Waals surface area contributed by atoms with Crippen molar-refractivity contribution in [2.75, 3.05) is 0 Å². The van der Waals surface area contributed by atoms with Crippen molar-refractivity contribution in [1.82, 2.24) is 0 Å². The number of carbonyl (C=O) groups excluding carboxylic acids is 4. The summed E-state index contributed by atoms with van der Waals surface area (Å²) in [6.07, 6.45) is 0. The summed E-state index contributed by atoms with van der Waals surface area (Å²) in [6, 6.07) is -9.30. The second kappa shape index (κ2) is 22.7. The molecule has 0 saturated heterocycles. The molecule has 0 bridgehead atoms. The first kappa shape index (κ1) is 41.7. The number of hydrogen-bond donors (Lipinski definition) is 6. The number of rotatable bonds is 4. The predicted octanol–water partition coefficient (Wildman–Crippen LogP) is -6.29. The second-order valence-corrected chi connectivity index (χ2v) is 3.79. The van der Waals surface area contributed by atoms with Crippen LogP contribution in [0.4, 0.5) is 17.6 Å². The molecular weight excluding hydrogens is 482 g/mol. The second-order valence-electron chi connectivity index (χ2n) is 2.81. The fourth-order valence-electron chi connectivity index (χ4n) is 0. The van der Waals surface area contributed by atoms with Gasteiger partial charge in [-0.05, 0) is 0 Å². The molecule has 0 amide bonds. The van der Waals surface area contributed by atoms with Crippen molar-refractivity contribution in [3.63, 3.8) is 0 Å². The van der Waals surface area contributed by atoms with E-state index in [2.05, 4.69) is 0 Å². The first-order chi connectivity index (χ1) is 12.6. The van der Waals surface area contributed by atoms with E-state index in [1.807, 2.05) is 0 Å². The van der Waals surface area contributed by atoms with Gasteiger partial charge < -0.3 is 35.1 Å². The van der Waals surface area contributed by atoms with E-state index in [1.54, 1.807) is 0 Å². The van der Waals surface area contributed by atoms with Crippen LogP contribution in [0.5, 0.6) is 0 Å². The van der Waals surface area contributed by atoms with E-state index in [0.29, 0.717) is 0 Å². The maximum absolute atomic E-state index is 10.6. The summed E-state index contributed by atoms with van der Waals surface area (Å²) in [5.41, 5.74) is 0. The molecule has 168 valence electrons. The van der Waals surface area contributed by atoms with Crippen LogP contribution in [0.2, 0.25) is 0 Å². The largest absolute Gasteiger partial charge is 1.00 e. The van der Waals surface area contributed by atoms with Crippen molar-refractivity contribution in [2.24, 2.45) is 0 Å². The molecule has 0 unspecified atom stereocenters. The Labute approximate surface area is 181 Å². The molecule has 0 saturated carbocycles. The molecule has 0 aliphatic carbocycles. The molecule has 0 radical (unpaired) electrons. The summed E-state index contributed by atoms with van der Waals surface area (Å²) < 4.78 is 51.1. The van der Waals surface area contributed by atoms with Gasteiger partial charge in [-0.15, -0.1) is 0 Å². The molecule has 0 aromatic rings. The molecule has 0 aromatic carbocycles. The van der Waals surface area contributed by atoms with E-state index in [1.165, 1.54) is 0 Å². The van der Waals surface area contributed by atoms with E-state index in [-0.39, 0.29) is 29.6 Å². The molecule has 0 rings (SSSR count). The van der Waals surface area contributed by atoms with Gasteiger partial charge >= 0.3 is 77.6 Å². The fraction of sp³-hybridized carbons (Fsp3) is 0. The number of phosphoric acid groups is 1. The molecule has 0 spiro atoms. The molecule has 6 N–H and O–H groups in total. The number of carboxylic acids is 4. The van der Waals surface area contributed by atoms with Crippen LogP contribution in [0.25, 0.3) is 0 Å². The van der Waals surface area contributed by atoms with E-state index in [4.69, 9.17) is 78.0 Å². The van der Waals surface area contributed by atoms with Crippen LogP contribution in [0, 0.1) is 0 Å². The number of halogens is 4. The standard InChI is InChI=1S/4C2HFO3.Na.H3O4P/c4*3-1(4)2(5)6;;1-5(2,3)4/h4*(H,5,6);;(H3,1,2,3,4)/q;;;;+1;/p-1. The fourth-order valence-corrected chi connectivity index (χ4v) is 0. The Morgan fingerprint density at radius 2 is 0.567 bits per heavy atom. The third kappa shape index (κ3) is 84.2. The summed E-state index contributed by atoms with van der Waals surface area (Å²) >= 11 is 0. The van der Waals surface area contributed by atoms with Gasteiger partial charge in [0, 0.05) is 0 Å². The molecule has 0 aliphatic rings. The summed E-state index contributed by atoms with van der Waals surface area (Å²) in [5, 5.41) is 29.1. The van der Waals surface area contributed by atoms with Crippen molar-refractivity contribution < 1.29 is 125 Å². The van der Waals surface area contributed by atoms with Crippen LogP contribution in [-0.2, 0) is 42.9 Å². The van der Waals surface area contributed by atoms with Crippen molar-refractivity contribution in [1.29, 1.82) is 0 Å². The Morgan fingerprint density at radius 1 is 0.533 bits per heavy atom. The van der Waals surface area contributed by atoms with Crippen LogP contribution < -0.4 is 34.5 Å². The zero-order chi connectivity index (χ0) is 25.1. The minimum absolute atomic E-state index is 0. The van der Waals surface area contributed by atoms with Gasteiger partial charge in [-0.1, -0.05) is 0 Å². The number of aliphatic carboxylic acids is 4. The number of carboxylic acid groups (broad SMARTS) is 4. The van der Waals surface area contributed by atoms with Gasteiger partial charge in [-0.3, -0.25) is 4.57 Å². The number of carbonyl (C=O) groups is 8. The topological polar surface area (TPSA) is 298 Å². The van der Waals surface area contributed by atoms with Gasteiger partial charge in [0.15, 0.2) is 0 Å². The molecule has 0 aliphatic heterocycles. The van der Waals surface area contributed by atoms with Crippen LogP contribution in [0.15, 0.2) is 0 Å². The maximum atomic E-state index is 10.6. The maximum Gasteiger partial charge on any atom is 1.00 e. The minimum atomic E-state index is -4.89. The predicted molar refractivity (Wildman–Crippen MR) is 67.0 cm³/mol. The zero-order valence-electron chi connectivity index (χ0n) is 13.7. The number of hydrogen-bond acceptors (Lipinski definition) is 10. The van der Waals surface area contributed by atoms with E-state index in [9.17, 15) is 17.6 Å². The molecule has 16 nitrogen and oxygen atoms in total. The summed E-state index contributed by atoms with van der Waals surface area (Å²) in [4.78, 5) is 94.3. The van der Waals surface area contributed by atoms with Gasteiger partial charge in [-0.25, -0.2) is 38.4 Å². The van der Waals surface area contributed by atoms with Gasteiger partial charge in [0.05, 0.1) is 0 Å². The van der Waals surface area contributed by atoms with E-state index in [0.717, 1.165) is 0 Å². The monoisotopic (exact) mass is 488 g/mol. The van der Waals surface area contributed by atoms with Crippen molar-refractivity contribution in [2.45, 2.75) is 0 Å². The zero-order valence-corrected chi connectivity index (χ0v) is 16.6. The third-order valence-electron chi connectivity index (χ3n) is 0.673. The molecule has 30 heavy (non-hydrogen) atoms. The first-order valence-electron chi connectivity index (χ1n) is 5.05. The van der Waals surface area contributed by atoms with E-state index >= 15 is 0 Å². The van der Waals surface area contributed by atoms with Crippen molar-refractivity contribution >= 4 is 55.8 Å². The first-order valence-corrected chi connectivity index (χ1v) is 6.58. The molecule has 0 fully saturated rings. The molecule has 22 heteroatoms. The van der Waals surface area contributed by atoms with Crippen LogP contribution in [0.3, 0.4) is 0 Å². The minimum Gasteiger partial charge on any atom is -0.756 e. The Kier molecular flexibility index (Phi) is 31.5. The molecule has 0 atom stereocenters. The van der Waals surface area contributed by atoms with E-state index < -0.39 is 55.8 Å². The Bertz CT molecular complexity index is 534. The third-order valence-corrected chi connectivity index (χ3v) is 0.673. The average molecular weight is 488 g/mol. The van der Waals surface area contributed by atoms with Gasteiger partial charge in [0.1, 0.15) is 0 Å². The van der Waals surface area contributed by atoms with Gasteiger partial charge in [0.2, 0.25) is 0 Å². The van der Waals surface area contributed by atoms with Crippen LogP contribution in [0.1, 0.15) is 0 Å². The van der Waals surface area contributed by atoms with Gasteiger partial charge in [0.25, 0.3) is 7.82 Å². The summed E-state index contributed by atoms with van der Waals surface area (Å²) in [5.74, 6) is -8.19. The molecule has 0 aromatic heterocycles. The van der Waals surface area contributed by atoms with Crippen LogP contribution in [-0.4, -0.2) is 78.2 Å². The van der Waals surface area contributed by atoms with Gasteiger partial charge in [-0.2, -0.15) is 17.6 Å². The average Bonchev–Trinajstić information content (AvgIpc) is 2.46. The normalized spacial score (nSPS) is 7.97. The van der Waals surface area contributed by atoms with Crippen molar-refractivity contribution in [3.8, 4) is 0 Å².